The van der Waals surface area contributed by atoms with Crippen molar-refractivity contribution in [1.29, 1.82) is 0 Å². The van der Waals surface area contributed by atoms with Gasteiger partial charge in [-0.1, -0.05) is 19.8 Å². The van der Waals surface area contributed by atoms with Gasteiger partial charge in [0.05, 0.1) is 4.90 Å². The summed E-state index contributed by atoms with van der Waals surface area (Å²) in [5.41, 5.74) is 7.51. The molecule has 0 unspecified atom stereocenters. The quantitative estimate of drug-likeness (QED) is 0.324. The number of carbonyl (C=O) groups is 1. The molecule has 1 aromatic rings. The maximum Gasteiger partial charge on any atom is 0.244 e. The Morgan fingerprint density at radius 2 is 1.95 bits per heavy atom. The van der Waals surface area contributed by atoms with Gasteiger partial charge in [-0.25, -0.2) is 18.6 Å². The number of sulfonamides is 1. The molecule has 0 aromatic heterocycles. The lowest BCUT2D eigenvalue weighted by Crippen LogP contribution is -2.38. The Balaban J connectivity index is 2.84. The van der Waals surface area contributed by atoms with Gasteiger partial charge < -0.3 is 5.73 Å². The Bertz CT molecular complexity index is 557. The van der Waals surface area contributed by atoms with E-state index < -0.39 is 22.0 Å². The smallest absolute Gasteiger partial charge is 0.244 e. The summed E-state index contributed by atoms with van der Waals surface area (Å²) in [6, 6.07) is 5.23. The predicted octanol–water partition coefficient (Wildman–Crippen LogP) is 1.00. The Hall–Kier alpha value is -1.64. The summed E-state index contributed by atoms with van der Waals surface area (Å²) in [4.78, 5) is 11.3. The maximum atomic E-state index is 12.2. The molecule has 0 aliphatic heterocycles. The topological polar surface area (TPSA) is 122 Å². The fourth-order valence-electron chi connectivity index (χ4n) is 1.86. The van der Waals surface area contributed by atoms with Crippen LogP contribution in [0.5, 0.6) is 0 Å². The maximum absolute atomic E-state index is 12.2. The van der Waals surface area contributed by atoms with E-state index in [0.29, 0.717) is 12.1 Å². The van der Waals surface area contributed by atoms with Gasteiger partial charge in [-0.3, -0.25) is 10.0 Å². The van der Waals surface area contributed by atoms with Gasteiger partial charge in [-0.15, -0.1) is 0 Å². The zero-order chi connectivity index (χ0) is 15.9. The van der Waals surface area contributed by atoms with E-state index in [1.54, 1.807) is 0 Å². The number of hydrogen-bond donors (Lipinski definition) is 4. The monoisotopic (exact) mass is 315 g/mol. The number of benzene rings is 1. The number of nitrogens with one attached hydrogen (secondary N) is 2. The van der Waals surface area contributed by atoms with Gasteiger partial charge in [0.25, 0.3) is 0 Å². The first kappa shape index (κ1) is 17.4. The molecule has 0 saturated heterocycles. The second-order valence-corrected chi connectivity index (χ2v) is 6.48. The lowest BCUT2D eigenvalue weighted by Gasteiger charge is -2.17. The van der Waals surface area contributed by atoms with Gasteiger partial charge >= 0.3 is 0 Å². The van der Waals surface area contributed by atoms with Crippen LogP contribution in [-0.2, 0) is 14.8 Å². The van der Waals surface area contributed by atoms with E-state index in [0.717, 1.165) is 12.8 Å². The number of amides is 1. The standard InChI is InChI=1S/C13H21N3O4S/c1-2-3-4-11(9-13(17)15-18)16-21(19,20)12-7-5-10(14)6-8-12/h5-8,11,16,18H,2-4,9,14H2,1H3,(H,15,17)/t11-/m0/s1. The number of anilines is 1. The average molecular weight is 315 g/mol. The second-order valence-electron chi connectivity index (χ2n) is 4.77. The van der Waals surface area contributed by atoms with Crippen LogP contribution in [0, 0.1) is 0 Å². The molecule has 0 spiro atoms. The van der Waals surface area contributed by atoms with E-state index in [1.165, 1.54) is 29.7 Å². The molecular weight excluding hydrogens is 294 g/mol. The van der Waals surface area contributed by atoms with Crippen LogP contribution in [0.1, 0.15) is 32.6 Å². The highest BCUT2D eigenvalue weighted by Gasteiger charge is 2.21. The summed E-state index contributed by atoms with van der Waals surface area (Å²) >= 11 is 0. The lowest BCUT2D eigenvalue weighted by molar-refractivity contribution is -0.129. The summed E-state index contributed by atoms with van der Waals surface area (Å²) < 4.78 is 27.0. The van der Waals surface area contributed by atoms with Crippen LogP contribution in [0.25, 0.3) is 0 Å². The third-order valence-electron chi connectivity index (χ3n) is 2.97. The van der Waals surface area contributed by atoms with Gasteiger partial charge in [0.1, 0.15) is 0 Å². The van der Waals surface area contributed by atoms with E-state index in [2.05, 4.69) is 4.72 Å². The Kier molecular flexibility index (Phi) is 6.60. The van der Waals surface area contributed by atoms with E-state index >= 15 is 0 Å². The zero-order valence-corrected chi connectivity index (χ0v) is 12.7. The Morgan fingerprint density at radius 3 is 2.48 bits per heavy atom. The van der Waals surface area contributed by atoms with Crippen molar-refractivity contribution in [3.8, 4) is 0 Å². The van der Waals surface area contributed by atoms with Gasteiger partial charge in [-0.05, 0) is 30.7 Å². The molecule has 1 amide bonds. The molecular formula is C13H21N3O4S. The minimum atomic E-state index is -3.73. The molecule has 1 aromatic carbocycles. The molecule has 0 radical (unpaired) electrons. The highest BCUT2D eigenvalue weighted by molar-refractivity contribution is 7.89. The van der Waals surface area contributed by atoms with Crippen molar-refractivity contribution < 1.29 is 18.4 Å². The summed E-state index contributed by atoms with van der Waals surface area (Å²) in [5.74, 6) is -0.629. The molecule has 0 bridgehead atoms. The lowest BCUT2D eigenvalue weighted by atomic mass is 10.1. The first-order valence-corrected chi connectivity index (χ1v) is 8.18. The molecule has 21 heavy (non-hydrogen) atoms. The number of unbranched alkanes of at least 4 members (excludes halogenated alkanes) is 1. The number of carbonyl (C=O) groups excluding carboxylic acids is 1. The van der Waals surface area contributed by atoms with Crippen LogP contribution in [0.4, 0.5) is 5.69 Å². The Morgan fingerprint density at radius 1 is 1.33 bits per heavy atom. The number of nitrogens with two attached hydrogens (primary N) is 1. The fourth-order valence-corrected chi connectivity index (χ4v) is 3.13. The molecule has 8 heteroatoms. The van der Waals surface area contributed by atoms with Crippen molar-refractivity contribution in [3.05, 3.63) is 24.3 Å². The van der Waals surface area contributed by atoms with Gasteiger partial charge in [-0.2, -0.15) is 0 Å². The first-order valence-electron chi connectivity index (χ1n) is 6.70. The Labute approximate surface area is 124 Å². The molecule has 0 fully saturated rings. The van der Waals surface area contributed by atoms with E-state index in [1.807, 2.05) is 6.92 Å². The zero-order valence-electron chi connectivity index (χ0n) is 11.9. The molecule has 118 valence electrons. The third-order valence-corrected chi connectivity index (χ3v) is 4.51. The molecule has 0 aliphatic carbocycles. The molecule has 7 nitrogen and oxygen atoms in total. The summed E-state index contributed by atoms with van der Waals surface area (Å²) in [6.45, 7) is 1.97. The van der Waals surface area contributed by atoms with Crippen LogP contribution in [0.3, 0.4) is 0 Å². The number of nitrogen functional groups attached to an aromatic ring is 1. The summed E-state index contributed by atoms with van der Waals surface area (Å²) in [7, 11) is -3.73. The van der Waals surface area contributed by atoms with Crippen molar-refractivity contribution in [3.63, 3.8) is 0 Å². The number of hydrogen-bond acceptors (Lipinski definition) is 5. The molecule has 0 heterocycles. The third kappa shape index (κ3) is 5.70. The number of rotatable bonds is 8. The summed E-state index contributed by atoms with van der Waals surface area (Å²) in [6.07, 6.45) is 2.04. The fraction of sp³-hybridized carbons (Fsp3) is 0.462. The largest absolute Gasteiger partial charge is 0.399 e. The predicted molar refractivity (Wildman–Crippen MR) is 79.0 cm³/mol. The van der Waals surface area contributed by atoms with Crippen molar-refractivity contribution in [2.24, 2.45) is 0 Å². The highest BCUT2D eigenvalue weighted by Crippen LogP contribution is 2.14. The van der Waals surface area contributed by atoms with Crippen LogP contribution >= 0.6 is 0 Å². The van der Waals surface area contributed by atoms with Gasteiger partial charge in [0.2, 0.25) is 15.9 Å². The average Bonchev–Trinajstić information content (AvgIpc) is 2.44. The van der Waals surface area contributed by atoms with E-state index in [4.69, 9.17) is 10.9 Å². The normalized spacial score (nSPS) is 12.9. The SMILES string of the molecule is CCCC[C@@H](CC(=O)NO)NS(=O)(=O)c1ccc(N)cc1. The molecule has 0 aliphatic rings. The van der Waals surface area contributed by atoms with Crippen LogP contribution in [0.2, 0.25) is 0 Å². The van der Waals surface area contributed by atoms with Crippen molar-refractivity contribution >= 4 is 21.6 Å². The molecule has 5 N–H and O–H groups in total. The minimum absolute atomic E-state index is 0.0857. The van der Waals surface area contributed by atoms with E-state index in [9.17, 15) is 13.2 Å². The first-order chi connectivity index (χ1) is 9.89. The van der Waals surface area contributed by atoms with Crippen molar-refractivity contribution in [2.75, 3.05) is 5.73 Å². The molecule has 1 atom stereocenters. The minimum Gasteiger partial charge on any atom is -0.399 e. The van der Waals surface area contributed by atoms with Gasteiger partial charge in [0, 0.05) is 18.2 Å². The van der Waals surface area contributed by atoms with Crippen molar-refractivity contribution in [1.82, 2.24) is 10.2 Å². The molecule has 0 saturated carbocycles. The van der Waals surface area contributed by atoms with Crippen LogP contribution in [0.15, 0.2) is 29.2 Å². The number of hydroxylamine groups is 1. The van der Waals surface area contributed by atoms with Crippen LogP contribution < -0.4 is 15.9 Å². The highest BCUT2D eigenvalue weighted by atomic mass is 32.2. The molecule has 1 rings (SSSR count). The van der Waals surface area contributed by atoms with E-state index in [-0.39, 0.29) is 11.3 Å². The summed E-state index contributed by atoms with van der Waals surface area (Å²) in [5, 5.41) is 8.56. The van der Waals surface area contributed by atoms with Crippen LogP contribution in [-0.4, -0.2) is 25.6 Å². The second kappa shape index (κ2) is 7.96. The van der Waals surface area contributed by atoms with Gasteiger partial charge in [0.15, 0.2) is 0 Å². The van der Waals surface area contributed by atoms with Crippen molar-refractivity contribution in [2.45, 2.75) is 43.5 Å².